The van der Waals surface area contributed by atoms with Crippen LogP contribution < -0.4 is 0 Å². The summed E-state index contributed by atoms with van der Waals surface area (Å²) in [5, 5.41) is 0. The molecule has 5 nitrogen and oxygen atoms in total. The lowest BCUT2D eigenvalue weighted by Crippen LogP contribution is -2.54. The SMILES string of the molecule is CC[C@@H]1CN(C2CCN(C(=O)OCc3ccccc3)CC2)C[C@H](C)O1. The molecule has 1 aromatic carbocycles. The fraction of sp³-hybridized carbons (Fsp3) is 0.650. The molecule has 0 bridgehead atoms. The van der Waals surface area contributed by atoms with Crippen LogP contribution in [0.4, 0.5) is 4.79 Å². The van der Waals surface area contributed by atoms with Gasteiger partial charge in [-0.2, -0.15) is 0 Å². The topological polar surface area (TPSA) is 42.0 Å². The molecule has 2 saturated heterocycles. The van der Waals surface area contributed by atoms with E-state index >= 15 is 0 Å². The van der Waals surface area contributed by atoms with Gasteiger partial charge in [-0.3, -0.25) is 4.90 Å². The molecule has 138 valence electrons. The standard InChI is InChI=1S/C20H30N2O3/c1-3-19-14-22(13-16(2)25-19)18-9-11-21(12-10-18)20(23)24-15-17-7-5-4-6-8-17/h4-8,16,18-19H,3,9-15H2,1-2H3/t16-,19+/m0/s1. The molecule has 5 heteroatoms. The van der Waals surface area contributed by atoms with E-state index in [4.69, 9.17) is 9.47 Å². The number of likely N-dealkylation sites (tertiary alicyclic amines) is 1. The van der Waals surface area contributed by atoms with Gasteiger partial charge in [-0.15, -0.1) is 0 Å². The van der Waals surface area contributed by atoms with E-state index in [2.05, 4.69) is 18.7 Å². The Hall–Kier alpha value is -1.59. The Kier molecular flexibility index (Phi) is 6.32. The summed E-state index contributed by atoms with van der Waals surface area (Å²) in [6, 6.07) is 10.4. The maximum absolute atomic E-state index is 12.3. The predicted molar refractivity (Wildman–Crippen MR) is 97.4 cm³/mol. The van der Waals surface area contributed by atoms with Gasteiger partial charge in [0.2, 0.25) is 0 Å². The molecule has 0 unspecified atom stereocenters. The van der Waals surface area contributed by atoms with Gasteiger partial charge in [-0.1, -0.05) is 37.3 Å². The smallest absolute Gasteiger partial charge is 0.410 e. The molecule has 1 aromatic rings. The fourth-order valence-electron chi connectivity index (χ4n) is 3.83. The van der Waals surface area contributed by atoms with Gasteiger partial charge in [0.05, 0.1) is 12.2 Å². The van der Waals surface area contributed by atoms with Crippen LogP contribution in [0.1, 0.15) is 38.7 Å². The third-order valence-electron chi connectivity index (χ3n) is 5.25. The van der Waals surface area contributed by atoms with Gasteiger partial charge in [-0.25, -0.2) is 4.79 Å². The highest BCUT2D eigenvalue weighted by molar-refractivity contribution is 5.67. The maximum atomic E-state index is 12.3. The summed E-state index contributed by atoms with van der Waals surface area (Å²) >= 11 is 0. The number of carbonyl (C=O) groups is 1. The highest BCUT2D eigenvalue weighted by Gasteiger charge is 2.32. The van der Waals surface area contributed by atoms with E-state index < -0.39 is 0 Å². The fourth-order valence-corrected chi connectivity index (χ4v) is 3.83. The Balaban J connectivity index is 1.44. The van der Waals surface area contributed by atoms with Crippen molar-refractivity contribution in [3.8, 4) is 0 Å². The van der Waals surface area contributed by atoms with Gasteiger partial charge >= 0.3 is 6.09 Å². The maximum Gasteiger partial charge on any atom is 0.410 e. The minimum absolute atomic E-state index is 0.191. The van der Waals surface area contributed by atoms with Gasteiger partial charge < -0.3 is 14.4 Å². The molecule has 2 heterocycles. The first kappa shape index (κ1) is 18.2. The van der Waals surface area contributed by atoms with Crippen molar-refractivity contribution >= 4 is 6.09 Å². The van der Waals surface area contributed by atoms with Crippen LogP contribution in [-0.2, 0) is 16.1 Å². The minimum Gasteiger partial charge on any atom is -0.445 e. The molecule has 25 heavy (non-hydrogen) atoms. The number of benzene rings is 1. The molecule has 2 atom stereocenters. The van der Waals surface area contributed by atoms with Crippen LogP contribution in [0, 0.1) is 0 Å². The predicted octanol–water partition coefficient (Wildman–Crippen LogP) is 3.29. The van der Waals surface area contributed by atoms with Crippen LogP contribution in [0.25, 0.3) is 0 Å². The van der Waals surface area contributed by atoms with Crippen molar-refractivity contribution in [3.63, 3.8) is 0 Å². The lowest BCUT2D eigenvalue weighted by atomic mass is 10.0. The molecular weight excluding hydrogens is 316 g/mol. The summed E-state index contributed by atoms with van der Waals surface area (Å²) in [6.45, 7) is 8.26. The van der Waals surface area contributed by atoms with Crippen molar-refractivity contribution < 1.29 is 14.3 Å². The van der Waals surface area contributed by atoms with Crippen LogP contribution in [0.3, 0.4) is 0 Å². The number of amides is 1. The van der Waals surface area contributed by atoms with Crippen LogP contribution in [0.2, 0.25) is 0 Å². The molecule has 0 radical (unpaired) electrons. The summed E-state index contributed by atoms with van der Waals surface area (Å²) in [5.41, 5.74) is 1.03. The molecule has 0 saturated carbocycles. The normalized spacial score (nSPS) is 25.8. The van der Waals surface area contributed by atoms with E-state index in [1.54, 1.807) is 0 Å². The number of carbonyl (C=O) groups excluding carboxylic acids is 1. The number of morpholine rings is 1. The zero-order valence-corrected chi connectivity index (χ0v) is 15.4. The molecule has 0 aliphatic carbocycles. The third-order valence-corrected chi connectivity index (χ3v) is 5.25. The average Bonchev–Trinajstić information content (AvgIpc) is 2.66. The Morgan fingerprint density at radius 1 is 1.20 bits per heavy atom. The van der Waals surface area contributed by atoms with E-state index in [9.17, 15) is 4.79 Å². The largest absolute Gasteiger partial charge is 0.445 e. The number of rotatable bonds is 4. The Morgan fingerprint density at radius 2 is 1.92 bits per heavy atom. The lowest BCUT2D eigenvalue weighted by Gasteiger charge is -2.43. The molecule has 2 fully saturated rings. The third kappa shape index (κ3) is 4.95. The van der Waals surface area contributed by atoms with E-state index in [0.29, 0.717) is 24.9 Å². The Bertz CT molecular complexity index is 543. The first-order valence-corrected chi connectivity index (χ1v) is 9.50. The van der Waals surface area contributed by atoms with Gasteiger partial charge in [-0.05, 0) is 31.7 Å². The molecule has 0 aromatic heterocycles. The second kappa shape index (κ2) is 8.68. The summed E-state index contributed by atoms with van der Waals surface area (Å²) in [6.07, 6.45) is 3.55. The molecule has 3 rings (SSSR count). The average molecular weight is 346 g/mol. The lowest BCUT2D eigenvalue weighted by molar-refractivity contribution is -0.0945. The number of hydrogen-bond donors (Lipinski definition) is 0. The monoisotopic (exact) mass is 346 g/mol. The second-order valence-electron chi connectivity index (χ2n) is 7.19. The molecule has 2 aliphatic heterocycles. The second-order valence-corrected chi connectivity index (χ2v) is 7.19. The van der Waals surface area contributed by atoms with E-state index in [1.807, 2.05) is 35.2 Å². The van der Waals surface area contributed by atoms with Crippen molar-refractivity contribution in [2.24, 2.45) is 0 Å². The Labute approximate surface area is 150 Å². The quantitative estimate of drug-likeness (QED) is 0.839. The van der Waals surface area contributed by atoms with Gasteiger partial charge in [0.1, 0.15) is 6.61 Å². The highest BCUT2D eigenvalue weighted by Crippen LogP contribution is 2.23. The van der Waals surface area contributed by atoms with Crippen LogP contribution in [0.5, 0.6) is 0 Å². The summed E-state index contributed by atoms with van der Waals surface area (Å²) in [4.78, 5) is 16.7. The zero-order chi connectivity index (χ0) is 17.6. The van der Waals surface area contributed by atoms with Crippen LogP contribution >= 0.6 is 0 Å². The number of hydrogen-bond acceptors (Lipinski definition) is 4. The Morgan fingerprint density at radius 3 is 2.60 bits per heavy atom. The van der Waals surface area contributed by atoms with E-state index in [-0.39, 0.29) is 6.09 Å². The van der Waals surface area contributed by atoms with Crippen molar-refractivity contribution in [1.29, 1.82) is 0 Å². The number of ether oxygens (including phenoxy) is 2. The molecule has 1 amide bonds. The zero-order valence-electron chi connectivity index (χ0n) is 15.4. The molecule has 0 N–H and O–H groups in total. The van der Waals surface area contributed by atoms with E-state index in [0.717, 1.165) is 51.0 Å². The highest BCUT2D eigenvalue weighted by atomic mass is 16.6. The first-order valence-electron chi connectivity index (χ1n) is 9.50. The number of piperidine rings is 1. The first-order chi connectivity index (χ1) is 12.2. The van der Waals surface area contributed by atoms with Gasteiger partial charge in [0.15, 0.2) is 0 Å². The summed E-state index contributed by atoms with van der Waals surface area (Å²) in [5.74, 6) is 0. The van der Waals surface area contributed by atoms with Crippen molar-refractivity contribution in [3.05, 3.63) is 35.9 Å². The number of nitrogens with zero attached hydrogens (tertiary/aromatic N) is 2. The van der Waals surface area contributed by atoms with Crippen molar-refractivity contribution in [2.45, 2.75) is 58.0 Å². The molecular formula is C20H30N2O3. The molecule has 0 spiro atoms. The van der Waals surface area contributed by atoms with Crippen molar-refractivity contribution in [1.82, 2.24) is 9.80 Å². The minimum atomic E-state index is -0.191. The molecule has 2 aliphatic rings. The van der Waals surface area contributed by atoms with Gasteiger partial charge in [0.25, 0.3) is 0 Å². The van der Waals surface area contributed by atoms with Gasteiger partial charge in [0, 0.05) is 32.2 Å². The summed E-state index contributed by atoms with van der Waals surface area (Å²) < 4.78 is 11.4. The van der Waals surface area contributed by atoms with Crippen molar-refractivity contribution in [2.75, 3.05) is 26.2 Å². The van der Waals surface area contributed by atoms with E-state index in [1.165, 1.54) is 0 Å². The summed E-state index contributed by atoms with van der Waals surface area (Å²) in [7, 11) is 0. The van der Waals surface area contributed by atoms with Crippen LogP contribution in [0.15, 0.2) is 30.3 Å². The van der Waals surface area contributed by atoms with Crippen LogP contribution in [-0.4, -0.2) is 60.3 Å².